The monoisotopic (exact) mass is 386 g/mol. The van der Waals surface area contributed by atoms with Crippen molar-refractivity contribution in [3.8, 4) is 0 Å². The van der Waals surface area contributed by atoms with Gasteiger partial charge >= 0.3 is 11.9 Å². The van der Waals surface area contributed by atoms with Crippen LogP contribution in [0.3, 0.4) is 0 Å². The van der Waals surface area contributed by atoms with Crippen molar-refractivity contribution in [1.82, 2.24) is 0 Å². The molecule has 27 heavy (non-hydrogen) atoms. The Morgan fingerprint density at radius 1 is 0.519 bits per heavy atom. The smallest absolute Gasteiger partial charge is 0.332 e. The summed E-state index contributed by atoms with van der Waals surface area (Å²) in [5.41, 5.74) is 0. The van der Waals surface area contributed by atoms with Gasteiger partial charge in [0.25, 0.3) is 0 Å². The van der Waals surface area contributed by atoms with Crippen molar-refractivity contribution in [3.05, 3.63) is 0 Å². The Morgan fingerprint density at radius 3 is 1.26 bits per heavy atom. The Hall–Kier alpha value is -1.10. The minimum atomic E-state index is -0.422. The van der Waals surface area contributed by atoms with Gasteiger partial charge in [0.05, 0.1) is 13.2 Å². The summed E-state index contributed by atoms with van der Waals surface area (Å²) >= 11 is 0. The van der Waals surface area contributed by atoms with Gasteiger partial charge in [0, 0.05) is 0 Å². The lowest BCUT2D eigenvalue weighted by molar-refractivity contribution is -0.155. The van der Waals surface area contributed by atoms with Gasteiger partial charge in [-0.2, -0.15) is 0 Å². The fourth-order valence-corrected chi connectivity index (χ4v) is 2.79. The molecule has 0 aliphatic rings. The maximum absolute atomic E-state index is 11.5. The van der Waals surface area contributed by atoms with E-state index < -0.39 is 11.9 Å². The average molecular weight is 387 g/mol. The molecule has 0 aromatic heterocycles. The van der Waals surface area contributed by atoms with Crippen molar-refractivity contribution >= 4 is 11.9 Å². The first-order valence-electron chi connectivity index (χ1n) is 11.1. The molecule has 0 aliphatic heterocycles. The third-order valence-electron chi connectivity index (χ3n) is 4.46. The molecule has 160 valence electrons. The molecule has 0 aromatic carbocycles. The van der Waals surface area contributed by atoms with Crippen molar-refractivity contribution in [2.45, 2.75) is 104 Å². The Bertz CT molecular complexity index is 344. The summed E-state index contributed by atoms with van der Waals surface area (Å²) in [6.45, 7) is 4.84. The van der Waals surface area contributed by atoms with Crippen LogP contribution in [0.4, 0.5) is 0 Å². The second-order valence-electron chi connectivity index (χ2n) is 7.18. The Labute approximate surface area is 166 Å². The van der Waals surface area contributed by atoms with E-state index in [0.717, 1.165) is 38.5 Å². The van der Waals surface area contributed by atoms with E-state index in [1.54, 1.807) is 0 Å². The lowest BCUT2D eigenvalue weighted by atomic mass is 10.1. The first kappa shape index (κ1) is 25.9. The average Bonchev–Trinajstić information content (AvgIpc) is 2.66. The van der Waals surface area contributed by atoms with Gasteiger partial charge in [-0.1, -0.05) is 90.9 Å². The van der Waals surface area contributed by atoms with E-state index in [0.29, 0.717) is 13.2 Å². The number of carbonyl (C=O) groups is 2. The molecule has 0 spiro atoms. The molecule has 5 heteroatoms. The predicted molar refractivity (Wildman–Crippen MR) is 109 cm³/mol. The molecular weight excluding hydrogens is 344 g/mol. The third kappa shape index (κ3) is 21.1. The first-order chi connectivity index (χ1) is 13.2. The molecule has 0 bridgehead atoms. The number of hydrogen-bond donors (Lipinski definition) is 0. The van der Waals surface area contributed by atoms with Crippen LogP contribution in [0.5, 0.6) is 0 Å². The number of unbranched alkanes of at least 4 members (excludes halogenated alkanes) is 12. The minimum Gasteiger partial charge on any atom is -0.464 e. The van der Waals surface area contributed by atoms with Gasteiger partial charge in [-0.25, -0.2) is 9.59 Å². The molecule has 0 aromatic rings. The third-order valence-corrected chi connectivity index (χ3v) is 4.46. The van der Waals surface area contributed by atoms with Crippen molar-refractivity contribution in [2.24, 2.45) is 0 Å². The molecule has 0 saturated heterocycles. The van der Waals surface area contributed by atoms with Crippen LogP contribution in [0, 0.1) is 0 Å². The standard InChI is InChI=1S/C22H42O5/c1-3-5-7-9-10-11-12-13-14-16-18-27-22(24)20-25-19-21(23)26-17-15-8-6-4-2/h3-20H2,1-2H3. The van der Waals surface area contributed by atoms with Crippen molar-refractivity contribution in [2.75, 3.05) is 26.4 Å². The SMILES string of the molecule is CCCCCCCCCCCCOC(=O)COCC(=O)OCCCCCC. The summed E-state index contributed by atoms with van der Waals surface area (Å²) < 4.78 is 15.2. The number of carbonyl (C=O) groups excluding carboxylic acids is 2. The van der Waals surface area contributed by atoms with Gasteiger partial charge in [-0.05, 0) is 12.8 Å². The van der Waals surface area contributed by atoms with E-state index in [-0.39, 0.29) is 13.2 Å². The van der Waals surface area contributed by atoms with Crippen LogP contribution in [0.15, 0.2) is 0 Å². The van der Waals surface area contributed by atoms with E-state index >= 15 is 0 Å². The second-order valence-corrected chi connectivity index (χ2v) is 7.18. The molecule has 0 radical (unpaired) electrons. The van der Waals surface area contributed by atoms with Gasteiger partial charge in [0.1, 0.15) is 13.2 Å². The zero-order valence-electron chi connectivity index (χ0n) is 17.8. The summed E-state index contributed by atoms with van der Waals surface area (Å²) in [6, 6.07) is 0. The molecular formula is C22H42O5. The number of esters is 2. The van der Waals surface area contributed by atoms with Crippen LogP contribution >= 0.6 is 0 Å². The van der Waals surface area contributed by atoms with E-state index in [1.807, 2.05) is 0 Å². The maximum Gasteiger partial charge on any atom is 0.332 e. The van der Waals surface area contributed by atoms with Crippen molar-refractivity contribution in [3.63, 3.8) is 0 Å². The minimum absolute atomic E-state index is 0.192. The number of hydrogen-bond acceptors (Lipinski definition) is 5. The lowest BCUT2D eigenvalue weighted by Gasteiger charge is -2.07. The molecule has 0 N–H and O–H groups in total. The molecule has 0 amide bonds. The Morgan fingerprint density at radius 2 is 0.852 bits per heavy atom. The number of rotatable bonds is 20. The molecule has 0 saturated carbocycles. The zero-order valence-corrected chi connectivity index (χ0v) is 17.8. The molecule has 0 atom stereocenters. The van der Waals surface area contributed by atoms with E-state index in [4.69, 9.17) is 14.2 Å². The fraction of sp³-hybridized carbons (Fsp3) is 0.909. The Kier molecular flexibility index (Phi) is 20.3. The highest BCUT2D eigenvalue weighted by molar-refractivity contribution is 5.73. The van der Waals surface area contributed by atoms with Gasteiger partial charge in [-0.15, -0.1) is 0 Å². The van der Waals surface area contributed by atoms with Crippen LogP contribution in [0.1, 0.15) is 104 Å². The van der Waals surface area contributed by atoms with Gasteiger partial charge in [0.15, 0.2) is 0 Å². The summed E-state index contributed by atoms with van der Waals surface area (Å²) in [6.07, 6.45) is 16.7. The Balaban J connectivity index is 3.29. The normalized spacial score (nSPS) is 10.7. The number of ether oxygens (including phenoxy) is 3. The molecule has 0 aliphatic carbocycles. The van der Waals surface area contributed by atoms with Gasteiger partial charge in [-0.3, -0.25) is 0 Å². The molecule has 0 fully saturated rings. The van der Waals surface area contributed by atoms with Crippen LogP contribution in [-0.4, -0.2) is 38.4 Å². The van der Waals surface area contributed by atoms with E-state index in [2.05, 4.69) is 13.8 Å². The first-order valence-corrected chi connectivity index (χ1v) is 11.1. The zero-order chi connectivity index (χ0) is 20.0. The van der Waals surface area contributed by atoms with E-state index in [9.17, 15) is 9.59 Å². The predicted octanol–water partition coefficient (Wildman–Crippen LogP) is 5.59. The van der Waals surface area contributed by atoms with Crippen LogP contribution in [-0.2, 0) is 23.8 Å². The second kappa shape index (κ2) is 21.2. The van der Waals surface area contributed by atoms with Gasteiger partial charge in [0.2, 0.25) is 0 Å². The van der Waals surface area contributed by atoms with E-state index in [1.165, 1.54) is 51.4 Å². The van der Waals surface area contributed by atoms with Gasteiger partial charge < -0.3 is 14.2 Å². The lowest BCUT2D eigenvalue weighted by Crippen LogP contribution is -2.19. The quantitative estimate of drug-likeness (QED) is 0.202. The van der Waals surface area contributed by atoms with Crippen LogP contribution < -0.4 is 0 Å². The summed E-state index contributed by atoms with van der Waals surface area (Å²) in [5, 5.41) is 0. The maximum atomic E-state index is 11.5. The topological polar surface area (TPSA) is 61.8 Å². The largest absolute Gasteiger partial charge is 0.464 e. The molecule has 0 unspecified atom stereocenters. The van der Waals surface area contributed by atoms with Crippen LogP contribution in [0.25, 0.3) is 0 Å². The summed E-state index contributed by atoms with van der Waals surface area (Å²) in [7, 11) is 0. The summed E-state index contributed by atoms with van der Waals surface area (Å²) in [5.74, 6) is -0.837. The highest BCUT2D eigenvalue weighted by Crippen LogP contribution is 2.10. The highest BCUT2D eigenvalue weighted by atomic mass is 16.6. The van der Waals surface area contributed by atoms with Crippen molar-refractivity contribution < 1.29 is 23.8 Å². The molecule has 0 rings (SSSR count). The highest BCUT2D eigenvalue weighted by Gasteiger charge is 2.07. The molecule has 0 heterocycles. The fourth-order valence-electron chi connectivity index (χ4n) is 2.79. The molecule has 5 nitrogen and oxygen atoms in total. The van der Waals surface area contributed by atoms with Crippen molar-refractivity contribution in [1.29, 1.82) is 0 Å². The summed E-state index contributed by atoms with van der Waals surface area (Å²) in [4.78, 5) is 22.9. The van der Waals surface area contributed by atoms with Crippen LogP contribution in [0.2, 0.25) is 0 Å².